The molecule has 14 heavy (non-hydrogen) atoms. The van der Waals surface area contributed by atoms with Crippen molar-refractivity contribution in [3.05, 3.63) is 34.3 Å². The third kappa shape index (κ3) is 1.62. The molecule has 0 unspecified atom stereocenters. The Balaban J connectivity index is 2.43. The molecule has 0 spiro atoms. The van der Waals surface area contributed by atoms with Crippen LogP contribution in [0, 0.1) is 5.92 Å². The highest BCUT2D eigenvalue weighted by molar-refractivity contribution is 9.10. The molecule has 1 aromatic rings. The lowest BCUT2D eigenvalue weighted by Crippen LogP contribution is -2.32. The number of hydrogen-bond acceptors (Lipinski definition) is 2. The molecule has 1 aliphatic rings. The van der Waals surface area contributed by atoms with E-state index < -0.39 is 5.60 Å². The first kappa shape index (κ1) is 10.5. The van der Waals surface area contributed by atoms with Gasteiger partial charge >= 0.3 is 0 Å². The molecule has 1 nitrogen and oxygen atoms in total. The number of rotatable bonds is 1. The first-order valence-corrected chi connectivity index (χ1v) is 6.64. The Labute approximate surface area is 97.0 Å². The van der Waals surface area contributed by atoms with Crippen molar-refractivity contribution in [1.29, 1.82) is 0 Å². The van der Waals surface area contributed by atoms with Crippen molar-refractivity contribution in [3.8, 4) is 0 Å². The molecule has 2 atom stereocenters. The summed E-state index contributed by atoms with van der Waals surface area (Å²) < 4.78 is 1.01. The Morgan fingerprint density at radius 3 is 2.79 bits per heavy atom. The average Bonchev–Trinajstić information content (AvgIpc) is 2.49. The van der Waals surface area contributed by atoms with Crippen LogP contribution in [-0.2, 0) is 5.60 Å². The first-order valence-electron chi connectivity index (χ1n) is 4.70. The van der Waals surface area contributed by atoms with Crippen LogP contribution in [-0.4, -0.2) is 16.6 Å². The van der Waals surface area contributed by atoms with Gasteiger partial charge in [-0.05, 0) is 23.3 Å². The number of benzene rings is 1. The van der Waals surface area contributed by atoms with E-state index in [0.29, 0.717) is 5.92 Å². The third-order valence-electron chi connectivity index (χ3n) is 2.85. The van der Waals surface area contributed by atoms with Crippen LogP contribution in [0.4, 0.5) is 0 Å². The average molecular weight is 273 g/mol. The number of aliphatic hydroxyl groups is 1. The Morgan fingerprint density at radius 2 is 2.21 bits per heavy atom. The zero-order chi connectivity index (χ0) is 10.2. The van der Waals surface area contributed by atoms with Crippen molar-refractivity contribution < 1.29 is 5.11 Å². The monoisotopic (exact) mass is 272 g/mol. The SMILES string of the molecule is C[C@@H]1CSC[C@@]1(O)c1ccccc1Br. The maximum Gasteiger partial charge on any atom is 0.103 e. The van der Waals surface area contributed by atoms with E-state index >= 15 is 0 Å². The molecule has 1 aromatic carbocycles. The molecule has 0 amide bonds. The summed E-state index contributed by atoms with van der Waals surface area (Å²) in [5.41, 5.74) is 0.377. The van der Waals surface area contributed by atoms with Crippen LogP contribution in [0.5, 0.6) is 0 Å². The minimum Gasteiger partial charge on any atom is -0.384 e. The van der Waals surface area contributed by atoms with E-state index in [1.165, 1.54) is 0 Å². The van der Waals surface area contributed by atoms with Crippen LogP contribution in [0.2, 0.25) is 0 Å². The van der Waals surface area contributed by atoms with Crippen LogP contribution >= 0.6 is 27.7 Å². The fourth-order valence-corrected chi connectivity index (χ4v) is 3.95. The Hall–Kier alpha value is 0.01000. The smallest absolute Gasteiger partial charge is 0.103 e. The number of halogens is 1. The molecular formula is C11H13BrOS. The van der Waals surface area contributed by atoms with Gasteiger partial charge in [-0.15, -0.1) is 0 Å². The van der Waals surface area contributed by atoms with Gasteiger partial charge in [-0.25, -0.2) is 0 Å². The molecule has 2 rings (SSSR count). The lowest BCUT2D eigenvalue weighted by molar-refractivity contribution is 0.0227. The standard InChI is InChI=1S/C11H13BrOS/c1-8-6-14-7-11(8,13)9-4-2-3-5-10(9)12/h2-5,8,13H,6-7H2,1H3/t8-,11+/m1/s1. The van der Waals surface area contributed by atoms with Gasteiger partial charge in [-0.3, -0.25) is 0 Å². The second-order valence-corrected chi connectivity index (χ2v) is 5.70. The van der Waals surface area contributed by atoms with Crippen LogP contribution < -0.4 is 0 Å². The van der Waals surface area contributed by atoms with E-state index in [4.69, 9.17) is 0 Å². The van der Waals surface area contributed by atoms with Crippen molar-refractivity contribution >= 4 is 27.7 Å². The van der Waals surface area contributed by atoms with Gasteiger partial charge in [0, 0.05) is 10.2 Å². The Bertz CT molecular complexity index is 342. The molecule has 0 aliphatic carbocycles. The fourth-order valence-electron chi connectivity index (χ4n) is 1.83. The maximum atomic E-state index is 10.6. The van der Waals surface area contributed by atoms with Gasteiger partial charge < -0.3 is 5.11 Å². The maximum absolute atomic E-state index is 10.6. The highest BCUT2D eigenvalue weighted by atomic mass is 79.9. The minimum atomic E-state index is -0.648. The molecule has 0 bridgehead atoms. The molecule has 1 N–H and O–H groups in total. The fraction of sp³-hybridized carbons (Fsp3) is 0.455. The summed E-state index contributed by atoms with van der Waals surface area (Å²) in [6.07, 6.45) is 0. The molecule has 3 heteroatoms. The van der Waals surface area contributed by atoms with E-state index in [1.807, 2.05) is 36.0 Å². The summed E-state index contributed by atoms with van der Waals surface area (Å²) in [4.78, 5) is 0. The molecule has 1 heterocycles. The second kappa shape index (κ2) is 3.87. The van der Waals surface area contributed by atoms with Gasteiger partial charge in [0.05, 0.1) is 0 Å². The van der Waals surface area contributed by atoms with Gasteiger partial charge in [0.15, 0.2) is 0 Å². The van der Waals surface area contributed by atoms with Crippen molar-refractivity contribution in [3.63, 3.8) is 0 Å². The number of thioether (sulfide) groups is 1. The quantitative estimate of drug-likeness (QED) is 0.848. The predicted molar refractivity (Wildman–Crippen MR) is 64.5 cm³/mol. The largest absolute Gasteiger partial charge is 0.384 e. The van der Waals surface area contributed by atoms with Gasteiger partial charge in [0.25, 0.3) is 0 Å². The molecule has 0 radical (unpaired) electrons. The Kier molecular flexibility index (Phi) is 2.91. The summed E-state index contributed by atoms with van der Waals surface area (Å²) >= 11 is 5.32. The normalized spacial score (nSPS) is 32.1. The topological polar surface area (TPSA) is 20.2 Å². The van der Waals surface area contributed by atoms with Crippen molar-refractivity contribution in [1.82, 2.24) is 0 Å². The second-order valence-electron chi connectivity index (χ2n) is 3.82. The van der Waals surface area contributed by atoms with Crippen molar-refractivity contribution in [2.75, 3.05) is 11.5 Å². The van der Waals surface area contributed by atoms with E-state index in [2.05, 4.69) is 22.9 Å². The highest BCUT2D eigenvalue weighted by Crippen LogP contribution is 2.43. The van der Waals surface area contributed by atoms with E-state index in [9.17, 15) is 5.11 Å². The van der Waals surface area contributed by atoms with Gasteiger partial charge in [0.2, 0.25) is 0 Å². The highest BCUT2D eigenvalue weighted by Gasteiger charge is 2.41. The third-order valence-corrected chi connectivity index (χ3v) is 4.92. The summed E-state index contributed by atoms with van der Waals surface area (Å²) in [6, 6.07) is 7.95. The van der Waals surface area contributed by atoms with Gasteiger partial charge in [-0.2, -0.15) is 11.8 Å². The first-order chi connectivity index (χ1) is 6.64. The lowest BCUT2D eigenvalue weighted by Gasteiger charge is -2.28. The Morgan fingerprint density at radius 1 is 1.50 bits per heavy atom. The van der Waals surface area contributed by atoms with E-state index in [1.54, 1.807) is 0 Å². The summed E-state index contributed by atoms with van der Waals surface area (Å²) in [5.74, 6) is 2.17. The zero-order valence-corrected chi connectivity index (χ0v) is 10.4. The molecular weight excluding hydrogens is 260 g/mol. The zero-order valence-electron chi connectivity index (χ0n) is 8.03. The number of hydrogen-bond donors (Lipinski definition) is 1. The molecule has 1 fully saturated rings. The van der Waals surface area contributed by atoms with Crippen molar-refractivity contribution in [2.24, 2.45) is 5.92 Å². The predicted octanol–water partition coefficient (Wildman–Crippen LogP) is 3.02. The molecule has 1 aliphatic heterocycles. The summed E-state index contributed by atoms with van der Waals surface area (Å²) in [7, 11) is 0. The van der Waals surface area contributed by atoms with Crippen LogP contribution in [0.25, 0.3) is 0 Å². The van der Waals surface area contributed by atoms with Crippen molar-refractivity contribution in [2.45, 2.75) is 12.5 Å². The van der Waals surface area contributed by atoms with Crippen LogP contribution in [0.15, 0.2) is 28.7 Å². The summed E-state index contributed by atoms with van der Waals surface area (Å²) in [5, 5.41) is 10.6. The molecule has 1 saturated heterocycles. The van der Waals surface area contributed by atoms with E-state index in [-0.39, 0.29) is 0 Å². The van der Waals surface area contributed by atoms with Crippen LogP contribution in [0.3, 0.4) is 0 Å². The van der Waals surface area contributed by atoms with Gasteiger partial charge in [-0.1, -0.05) is 41.1 Å². The van der Waals surface area contributed by atoms with E-state index in [0.717, 1.165) is 21.5 Å². The molecule has 0 saturated carbocycles. The molecule has 0 aromatic heterocycles. The van der Waals surface area contributed by atoms with Crippen LogP contribution in [0.1, 0.15) is 12.5 Å². The van der Waals surface area contributed by atoms with Gasteiger partial charge in [0.1, 0.15) is 5.60 Å². The molecule has 76 valence electrons. The summed E-state index contributed by atoms with van der Waals surface area (Å²) in [6.45, 7) is 2.11. The lowest BCUT2D eigenvalue weighted by atomic mass is 9.85. The minimum absolute atomic E-state index is 0.325.